The van der Waals surface area contributed by atoms with Gasteiger partial charge in [-0.05, 0) is 68.0 Å². The summed E-state index contributed by atoms with van der Waals surface area (Å²) in [6.45, 7) is 3.73. The minimum absolute atomic E-state index is 0.0950. The van der Waals surface area contributed by atoms with Crippen molar-refractivity contribution in [3.8, 4) is 0 Å². The number of halogens is 3. The van der Waals surface area contributed by atoms with Crippen molar-refractivity contribution in [3.05, 3.63) is 76.5 Å². The molecule has 174 valence electrons. The molecule has 3 rings (SSSR count). The van der Waals surface area contributed by atoms with E-state index in [-0.39, 0.29) is 12.2 Å². The largest absolute Gasteiger partial charge is 0.463 e. The van der Waals surface area contributed by atoms with Gasteiger partial charge in [0, 0.05) is 24.0 Å². The lowest BCUT2D eigenvalue weighted by molar-refractivity contribution is -0.139. The summed E-state index contributed by atoms with van der Waals surface area (Å²) < 4.78 is 43.3. The van der Waals surface area contributed by atoms with Gasteiger partial charge in [0.05, 0.1) is 23.8 Å². The molecule has 0 bridgehead atoms. The average Bonchev–Trinajstić information content (AvgIpc) is 2.77. The molecular formula is C23H22F3N3O3S. The Morgan fingerprint density at radius 2 is 1.73 bits per heavy atom. The Balaban J connectivity index is 1.79. The van der Waals surface area contributed by atoms with E-state index in [0.29, 0.717) is 22.1 Å². The second kappa shape index (κ2) is 9.62. The zero-order valence-electron chi connectivity index (χ0n) is 18.1. The number of allylic oxidation sites excluding steroid dienone is 1. The molecule has 2 aromatic carbocycles. The molecule has 0 spiro atoms. The van der Waals surface area contributed by atoms with E-state index in [2.05, 4.69) is 10.6 Å². The number of ether oxygens (including phenoxy) is 1. The Morgan fingerprint density at radius 1 is 1.12 bits per heavy atom. The molecule has 0 fully saturated rings. The Bertz CT molecular complexity index is 1100. The van der Waals surface area contributed by atoms with Gasteiger partial charge >= 0.3 is 12.1 Å². The van der Waals surface area contributed by atoms with Crippen LogP contribution in [0.4, 0.5) is 18.9 Å². The Kier molecular flexibility index (Phi) is 7.06. The van der Waals surface area contributed by atoms with Crippen molar-refractivity contribution in [1.29, 1.82) is 0 Å². The van der Waals surface area contributed by atoms with E-state index < -0.39 is 29.7 Å². The molecule has 1 heterocycles. The van der Waals surface area contributed by atoms with Gasteiger partial charge in [-0.25, -0.2) is 4.79 Å². The topological polar surface area (TPSA) is 70.7 Å². The van der Waals surface area contributed by atoms with E-state index in [1.807, 2.05) is 0 Å². The fourth-order valence-electron chi connectivity index (χ4n) is 3.33. The maximum Gasteiger partial charge on any atom is 0.416 e. The van der Waals surface area contributed by atoms with Gasteiger partial charge in [0.15, 0.2) is 5.11 Å². The minimum Gasteiger partial charge on any atom is -0.463 e. The van der Waals surface area contributed by atoms with Crippen LogP contribution in [0.15, 0.2) is 59.8 Å². The van der Waals surface area contributed by atoms with Gasteiger partial charge in [-0.2, -0.15) is 13.2 Å². The lowest BCUT2D eigenvalue weighted by Gasteiger charge is -2.35. The highest BCUT2D eigenvalue weighted by Crippen LogP contribution is 2.32. The van der Waals surface area contributed by atoms with Gasteiger partial charge in [-0.1, -0.05) is 12.1 Å². The van der Waals surface area contributed by atoms with Crippen LogP contribution in [-0.2, 0) is 15.7 Å². The number of rotatable bonds is 5. The third kappa shape index (κ3) is 5.33. The molecule has 2 N–H and O–H groups in total. The number of anilines is 1. The summed E-state index contributed by atoms with van der Waals surface area (Å²) in [5.74, 6) is -1.00. The maximum absolute atomic E-state index is 12.7. The van der Waals surface area contributed by atoms with E-state index in [0.717, 1.165) is 29.8 Å². The molecule has 1 aliphatic rings. The third-order valence-corrected chi connectivity index (χ3v) is 5.62. The highest BCUT2D eigenvalue weighted by Gasteiger charge is 2.33. The fourth-order valence-corrected chi connectivity index (χ4v) is 3.59. The first-order chi connectivity index (χ1) is 15.5. The molecular weight excluding hydrogens is 455 g/mol. The summed E-state index contributed by atoms with van der Waals surface area (Å²) in [6, 6.07) is 10.1. The number of alkyl halides is 3. The van der Waals surface area contributed by atoms with Crippen LogP contribution < -0.4 is 10.6 Å². The van der Waals surface area contributed by atoms with E-state index in [4.69, 9.17) is 17.0 Å². The molecule has 0 radical (unpaired) electrons. The second-order valence-electron chi connectivity index (χ2n) is 7.31. The maximum atomic E-state index is 12.7. The zero-order valence-corrected chi connectivity index (χ0v) is 18.9. The quantitative estimate of drug-likeness (QED) is 0.483. The van der Waals surface area contributed by atoms with Gasteiger partial charge in [0.1, 0.15) is 0 Å². The molecule has 0 saturated carbocycles. The molecule has 0 aliphatic carbocycles. The summed E-state index contributed by atoms with van der Waals surface area (Å²) in [6.07, 6.45) is -4.47. The predicted molar refractivity (Wildman–Crippen MR) is 121 cm³/mol. The van der Waals surface area contributed by atoms with Gasteiger partial charge < -0.3 is 20.3 Å². The summed E-state index contributed by atoms with van der Waals surface area (Å²) in [5.41, 5.74) is 1.53. The number of hydrogen-bond donors (Lipinski definition) is 2. The SMILES string of the molecule is CCOC(=O)C1=C(C)N(C)C(=S)NC1c1ccc(NC(=O)c2ccc(C(F)(F)F)cc2)cc1. The smallest absolute Gasteiger partial charge is 0.416 e. The molecule has 2 aromatic rings. The highest BCUT2D eigenvalue weighted by atomic mass is 32.1. The standard InChI is InChI=1S/C23H22F3N3O3S/c1-4-32-21(31)18-13(2)29(3)22(33)28-19(18)14-7-11-17(12-8-14)27-20(30)15-5-9-16(10-6-15)23(24,25)26/h5-12,19H,4H2,1-3H3,(H,27,30)(H,28,33). The van der Waals surface area contributed by atoms with E-state index >= 15 is 0 Å². The van der Waals surface area contributed by atoms with Gasteiger partial charge in [-0.15, -0.1) is 0 Å². The number of amides is 1. The number of nitrogens with one attached hydrogen (secondary N) is 2. The van der Waals surface area contributed by atoms with Gasteiger partial charge in [0.25, 0.3) is 5.91 Å². The van der Waals surface area contributed by atoms with Crippen molar-refractivity contribution in [3.63, 3.8) is 0 Å². The van der Waals surface area contributed by atoms with Crippen LogP contribution in [0.1, 0.15) is 41.4 Å². The van der Waals surface area contributed by atoms with Crippen LogP contribution in [0.3, 0.4) is 0 Å². The van der Waals surface area contributed by atoms with Crippen molar-refractivity contribution in [2.45, 2.75) is 26.1 Å². The molecule has 0 aromatic heterocycles. The first-order valence-corrected chi connectivity index (χ1v) is 10.4. The number of carbonyl (C=O) groups is 2. The number of hydrogen-bond acceptors (Lipinski definition) is 4. The van der Waals surface area contributed by atoms with E-state index in [9.17, 15) is 22.8 Å². The summed E-state index contributed by atoms with van der Waals surface area (Å²) in [5, 5.41) is 6.22. The molecule has 1 aliphatic heterocycles. The molecule has 0 saturated heterocycles. The zero-order chi connectivity index (χ0) is 24.3. The molecule has 10 heteroatoms. The van der Waals surface area contributed by atoms with Crippen molar-refractivity contribution < 1.29 is 27.5 Å². The van der Waals surface area contributed by atoms with Crippen LogP contribution >= 0.6 is 12.2 Å². The minimum atomic E-state index is -4.47. The Morgan fingerprint density at radius 3 is 2.27 bits per heavy atom. The number of benzene rings is 2. The van der Waals surface area contributed by atoms with E-state index in [1.165, 1.54) is 0 Å². The fraction of sp³-hybridized carbons (Fsp3) is 0.261. The number of esters is 1. The predicted octanol–water partition coefficient (Wildman–Crippen LogP) is 4.66. The Hall–Kier alpha value is -3.40. The second-order valence-corrected chi connectivity index (χ2v) is 7.70. The van der Waals surface area contributed by atoms with E-state index in [1.54, 1.807) is 50.1 Å². The average molecular weight is 478 g/mol. The highest BCUT2D eigenvalue weighted by molar-refractivity contribution is 7.80. The van der Waals surface area contributed by atoms with Gasteiger partial charge in [0.2, 0.25) is 0 Å². The lowest BCUT2D eigenvalue weighted by Crippen LogP contribution is -2.46. The van der Waals surface area contributed by atoms with Crippen LogP contribution in [0.2, 0.25) is 0 Å². The van der Waals surface area contributed by atoms with Crippen molar-refractivity contribution >= 4 is 34.9 Å². The third-order valence-electron chi connectivity index (χ3n) is 5.23. The molecule has 6 nitrogen and oxygen atoms in total. The first-order valence-electron chi connectivity index (χ1n) is 10.0. The van der Waals surface area contributed by atoms with Crippen LogP contribution in [-0.4, -0.2) is 35.5 Å². The summed E-state index contributed by atoms with van der Waals surface area (Å²) in [7, 11) is 1.75. The van der Waals surface area contributed by atoms with Crippen molar-refractivity contribution in [1.82, 2.24) is 10.2 Å². The normalized spacial score (nSPS) is 16.4. The number of carbonyl (C=O) groups excluding carboxylic acids is 2. The summed E-state index contributed by atoms with van der Waals surface area (Å²) >= 11 is 5.36. The molecule has 1 atom stereocenters. The van der Waals surface area contributed by atoms with Crippen molar-refractivity contribution in [2.75, 3.05) is 19.0 Å². The lowest BCUT2D eigenvalue weighted by atomic mass is 9.95. The van der Waals surface area contributed by atoms with Crippen molar-refractivity contribution in [2.24, 2.45) is 0 Å². The molecule has 33 heavy (non-hydrogen) atoms. The van der Waals surface area contributed by atoms with Crippen LogP contribution in [0.25, 0.3) is 0 Å². The Labute approximate surface area is 194 Å². The monoisotopic (exact) mass is 477 g/mol. The first kappa shape index (κ1) is 24.2. The molecule has 1 amide bonds. The summed E-state index contributed by atoms with van der Waals surface area (Å²) in [4.78, 5) is 26.7. The number of nitrogens with zero attached hydrogens (tertiary/aromatic N) is 1. The molecule has 1 unspecified atom stereocenters. The van der Waals surface area contributed by atoms with Crippen LogP contribution in [0.5, 0.6) is 0 Å². The number of thiocarbonyl (C=S) groups is 1. The van der Waals surface area contributed by atoms with Crippen LogP contribution in [0, 0.1) is 0 Å². The van der Waals surface area contributed by atoms with Gasteiger partial charge in [-0.3, -0.25) is 4.79 Å².